The molecule has 0 bridgehead atoms. The van der Waals surface area contributed by atoms with Crippen LogP contribution in [0.4, 0.5) is 8.78 Å². The minimum atomic E-state index is -3.17. The van der Waals surface area contributed by atoms with E-state index in [1.807, 2.05) is 26.0 Å². The van der Waals surface area contributed by atoms with Crippen molar-refractivity contribution in [1.29, 1.82) is 0 Å². The predicted octanol–water partition coefficient (Wildman–Crippen LogP) is 6.10. The van der Waals surface area contributed by atoms with E-state index < -0.39 is 6.61 Å². The van der Waals surface area contributed by atoms with Gasteiger partial charge in [-0.15, -0.1) is 0 Å². The summed E-state index contributed by atoms with van der Waals surface area (Å²) in [5, 5.41) is 6.72. The topological polar surface area (TPSA) is 37.3 Å². The van der Waals surface area contributed by atoms with Gasteiger partial charge in [0.1, 0.15) is 0 Å². The number of carbonyl (C=O) groups is 1. The Balaban J connectivity index is 0.000000773. The van der Waals surface area contributed by atoms with E-state index in [-0.39, 0.29) is 5.92 Å². The van der Waals surface area contributed by atoms with Gasteiger partial charge in [-0.25, -0.2) is 0 Å². The molecule has 0 saturated carbocycles. The number of fused-ring (bicyclic) bond motifs is 1. The fourth-order valence-electron chi connectivity index (χ4n) is 3.11. The van der Waals surface area contributed by atoms with Crippen molar-refractivity contribution < 1.29 is 18.7 Å². The lowest BCUT2D eigenvalue weighted by Crippen LogP contribution is -2.14. The van der Waals surface area contributed by atoms with Crippen molar-refractivity contribution >= 4 is 21.7 Å². The largest absolute Gasteiger partial charge is 0.342 e. The number of ketones is 1. The molecular weight excluding hydrogens is 378 g/mol. The summed E-state index contributed by atoms with van der Waals surface area (Å²) in [6, 6.07) is 6.10. The zero-order valence-corrected chi connectivity index (χ0v) is 16.7. The van der Waals surface area contributed by atoms with Crippen molar-refractivity contribution in [3.8, 4) is 0 Å². The summed E-state index contributed by atoms with van der Waals surface area (Å²) in [6.45, 7) is 7.60. The van der Waals surface area contributed by atoms with E-state index in [0.29, 0.717) is 17.6 Å². The van der Waals surface area contributed by atoms with Crippen molar-refractivity contribution in [1.82, 2.24) is 0 Å². The summed E-state index contributed by atoms with van der Waals surface area (Å²) >= 11 is 3.44. The Labute approximate surface area is 152 Å². The van der Waals surface area contributed by atoms with Gasteiger partial charge in [0, 0.05) is 16.0 Å². The molecule has 1 N–H and O–H groups in total. The van der Waals surface area contributed by atoms with Gasteiger partial charge in [0.25, 0.3) is 0 Å². The average Bonchev–Trinajstić information content (AvgIpc) is 2.76. The van der Waals surface area contributed by atoms with Gasteiger partial charge in [-0.2, -0.15) is 8.78 Å². The molecule has 1 unspecified atom stereocenters. The van der Waals surface area contributed by atoms with Crippen molar-refractivity contribution in [3.63, 3.8) is 0 Å². The first-order chi connectivity index (χ1) is 11.2. The van der Waals surface area contributed by atoms with E-state index in [1.165, 1.54) is 12.0 Å². The zero-order valence-electron chi connectivity index (χ0n) is 15.2. The number of hydrogen-bond acceptors (Lipinski definition) is 2. The van der Waals surface area contributed by atoms with E-state index in [9.17, 15) is 13.6 Å². The number of halogens is 3. The Morgan fingerprint density at radius 1 is 1.25 bits per heavy atom. The Bertz CT molecular complexity index is 501. The second-order valence-corrected chi connectivity index (χ2v) is 7.23. The number of carbonyl (C=O) groups excluding carboxylic acids is 1. The van der Waals surface area contributed by atoms with Gasteiger partial charge in [-0.3, -0.25) is 4.79 Å². The van der Waals surface area contributed by atoms with Crippen LogP contribution < -0.4 is 0 Å². The Hall–Kier alpha value is -0.810. The highest BCUT2D eigenvalue weighted by atomic mass is 79.9. The fraction of sp³-hybridized carbons (Fsp3) is 0.632. The molecule has 0 amide bonds. The van der Waals surface area contributed by atoms with Gasteiger partial charge in [0.15, 0.2) is 5.78 Å². The third-order valence-corrected chi connectivity index (χ3v) is 4.23. The second kappa shape index (κ2) is 11.7. The van der Waals surface area contributed by atoms with E-state index in [2.05, 4.69) is 42.8 Å². The van der Waals surface area contributed by atoms with Gasteiger partial charge in [0.2, 0.25) is 0 Å². The van der Waals surface area contributed by atoms with Crippen LogP contribution in [0.15, 0.2) is 22.7 Å². The van der Waals surface area contributed by atoms with Crippen LogP contribution >= 0.6 is 15.9 Å². The first-order valence-electron chi connectivity index (χ1n) is 8.49. The van der Waals surface area contributed by atoms with E-state index in [0.717, 1.165) is 22.9 Å². The smallest absolute Gasteiger partial charge is 0.339 e. The molecule has 0 spiro atoms. The predicted molar refractivity (Wildman–Crippen MR) is 98.5 cm³/mol. The maximum atomic E-state index is 12.3. The summed E-state index contributed by atoms with van der Waals surface area (Å²) < 4.78 is 20.8. The molecule has 138 valence electrons. The van der Waals surface area contributed by atoms with E-state index in [4.69, 9.17) is 5.11 Å². The molecule has 1 aliphatic rings. The summed E-state index contributed by atoms with van der Waals surface area (Å²) in [5.41, 5.74) is 2.16. The summed E-state index contributed by atoms with van der Waals surface area (Å²) in [4.78, 5) is 12.3. The second-order valence-electron chi connectivity index (χ2n) is 6.31. The summed E-state index contributed by atoms with van der Waals surface area (Å²) in [7, 11) is 0. The number of benzene rings is 1. The number of alkyl halides is 2. The first-order valence-corrected chi connectivity index (χ1v) is 9.28. The van der Waals surface area contributed by atoms with Gasteiger partial charge in [-0.1, -0.05) is 56.6 Å². The highest BCUT2D eigenvalue weighted by Crippen LogP contribution is 2.33. The number of aliphatic hydroxyl groups excluding tert-OH is 1. The number of aliphatic hydroxyl groups is 1. The normalized spacial score (nSPS) is 17.0. The van der Waals surface area contributed by atoms with E-state index in [1.54, 1.807) is 0 Å². The van der Waals surface area contributed by atoms with Crippen LogP contribution in [0, 0.1) is 17.8 Å². The molecule has 2 nitrogen and oxygen atoms in total. The van der Waals surface area contributed by atoms with Crippen molar-refractivity contribution in [2.75, 3.05) is 0 Å². The molecule has 0 fully saturated rings. The van der Waals surface area contributed by atoms with Crippen LogP contribution in [0.3, 0.4) is 0 Å². The van der Waals surface area contributed by atoms with Gasteiger partial charge in [0.05, 0.1) is 0 Å². The number of rotatable bonds is 4. The van der Waals surface area contributed by atoms with E-state index >= 15 is 0 Å². The Morgan fingerprint density at radius 2 is 1.79 bits per heavy atom. The third-order valence-electron chi connectivity index (χ3n) is 3.74. The highest BCUT2D eigenvalue weighted by Gasteiger charge is 2.31. The molecule has 5 heteroatoms. The van der Waals surface area contributed by atoms with Crippen LogP contribution in [0.2, 0.25) is 0 Å². The van der Waals surface area contributed by atoms with Crippen molar-refractivity contribution in [2.24, 2.45) is 17.8 Å². The fourth-order valence-corrected chi connectivity index (χ4v) is 3.47. The molecule has 2 rings (SSSR count). The molecule has 0 heterocycles. The van der Waals surface area contributed by atoms with Gasteiger partial charge in [-0.05, 0) is 48.8 Å². The molecule has 1 aliphatic carbocycles. The molecule has 1 aromatic carbocycles. The maximum Gasteiger partial charge on any atom is 0.342 e. The van der Waals surface area contributed by atoms with Crippen molar-refractivity contribution in [3.05, 3.63) is 33.8 Å². The van der Waals surface area contributed by atoms with Crippen LogP contribution in [0.1, 0.15) is 63.4 Å². The Morgan fingerprint density at radius 3 is 2.29 bits per heavy atom. The van der Waals surface area contributed by atoms with Crippen LogP contribution in [0.25, 0.3) is 0 Å². The molecular formula is C19H29BrF2O2. The van der Waals surface area contributed by atoms with Crippen LogP contribution in [0.5, 0.6) is 0 Å². The lowest BCUT2D eigenvalue weighted by atomic mass is 9.87. The van der Waals surface area contributed by atoms with Gasteiger partial charge < -0.3 is 5.11 Å². The summed E-state index contributed by atoms with van der Waals surface area (Å²) in [5.74, 6) is 1.91. The minimum absolute atomic E-state index is 0.211. The first kappa shape index (κ1) is 23.2. The standard InChI is InChI=1S/C16H21BrO.C2H6.CH2F2O/c1-10(2)6-11(3)7-13-8-12-4-5-14(17)9-15(12)16(13)18;1-2;2-1(3)4/h4-5,9-11,13H,6-8H2,1-3H3;1-2H3;1,4H/t11-,13?;;/m1../s1. The lowest BCUT2D eigenvalue weighted by molar-refractivity contribution is -0.0728. The average molecular weight is 407 g/mol. The molecule has 0 aromatic heterocycles. The van der Waals surface area contributed by atoms with Crippen LogP contribution in [-0.4, -0.2) is 17.5 Å². The number of hydrogen-bond donors (Lipinski definition) is 1. The maximum absolute atomic E-state index is 12.3. The minimum Gasteiger partial charge on any atom is -0.339 e. The van der Waals surface area contributed by atoms with Gasteiger partial charge >= 0.3 is 6.61 Å². The zero-order chi connectivity index (χ0) is 18.9. The lowest BCUT2D eigenvalue weighted by Gasteiger charge is -2.17. The number of Topliss-reactive ketones (excluding diaryl/α,β-unsaturated/α-hetero) is 1. The SMILES string of the molecule is CC.CC(C)C[C@@H](C)CC1Cc2ccc(Br)cc2C1=O.OC(F)F. The monoisotopic (exact) mass is 406 g/mol. The van der Waals surface area contributed by atoms with Crippen LogP contribution in [-0.2, 0) is 6.42 Å². The molecule has 0 aliphatic heterocycles. The quantitative estimate of drug-likeness (QED) is 0.655. The molecule has 0 saturated heterocycles. The molecule has 2 atom stereocenters. The molecule has 1 aromatic rings. The third kappa shape index (κ3) is 8.34. The molecule has 0 radical (unpaired) electrons. The molecule has 24 heavy (non-hydrogen) atoms. The highest BCUT2D eigenvalue weighted by molar-refractivity contribution is 9.10. The van der Waals surface area contributed by atoms with Crippen molar-refractivity contribution in [2.45, 2.75) is 60.5 Å². The Kier molecular flexibility index (Phi) is 11.3. The summed E-state index contributed by atoms with van der Waals surface area (Å²) in [6.07, 6.45) is 3.18.